The Morgan fingerprint density at radius 2 is 2.24 bits per heavy atom. The van der Waals surface area contributed by atoms with Gasteiger partial charge >= 0.3 is 12.0 Å². The highest BCUT2D eigenvalue weighted by Crippen LogP contribution is 2.11. The summed E-state index contributed by atoms with van der Waals surface area (Å²) in [5, 5.41) is 11.5. The van der Waals surface area contributed by atoms with E-state index in [0.717, 1.165) is 5.82 Å². The number of carboxylic acids is 1. The molecule has 2 aromatic rings. The van der Waals surface area contributed by atoms with Gasteiger partial charge in [-0.3, -0.25) is 0 Å². The molecule has 0 bridgehead atoms. The minimum absolute atomic E-state index is 0.140. The molecular weight excluding hydrogens is 276 g/mol. The summed E-state index contributed by atoms with van der Waals surface area (Å²) in [6, 6.07) is 2.67. The average Bonchev–Trinajstić information content (AvgIpc) is 3.12. The molecule has 8 nitrogen and oxygen atoms in total. The summed E-state index contributed by atoms with van der Waals surface area (Å²) in [7, 11) is 0. The Balaban J connectivity index is 1.56. The van der Waals surface area contributed by atoms with Gasteiger partial charge in [-0.2, -0.15) is 0 Å². The second kappa shape index (κ2) is 5.31. The predicted molar refractivity (Wildman–Crippen MR) is 70.5 cm³/mol. The Labute approximate surface area is 120 Å². The van der Waals surface area contributed by atoms with Gasteiger partial charge in [-0.1, -0.05) is 0 Å². The summed E-state index contributed by atoms with van der Waals surface area (Å²) < 4.78 is 7.09. The van der Waals surface area contributed by atoms with E-state index in [9.17, 15) is 9.59 Å². The molecule has 110 valence electrons. The van der Waals surface area contributed by atoms with Gasteiger partial charge in [0.05, 0.1) is 13.1 Å². The molecular formula is C13H14N4O4. The smallest absolute Gasteiger partial charge is 0.371 e. The van der Waals surface area contributed by atoms with E-state index >= 15 is 0 Å². The molecule has 1 aliphatic rings. The van der Waals surface area contributed by atoms with Crippen LogP contribution in [0.3, 0.4) is 0 Å². The highest BCUT2D eigenvalue weighted by Gasteiger charge is 2.21. The van der Waals surface area contributed by atoms with Gasteiger partial charge in [0.15, 0.2) is 0 Å². The highest BCUT2D eigenvalue weighted by atomic mass is 16.4. The van der Waals surface area contributed by atoms with Gasteiger partial charge in [0.2, 0.25) is 5.76 Å². The second-order valence-electron chi connectivity index (χ2n) is 4.69. The summed E-state index contributed by atoms with van der Waals surface area (Å²) in [5.74, 6) is -0.0171. The van der Waals surface area contributed by atoms with Crippen LogP contribution < -0.4 is 5.32 Å². The lowest BCUT2D eigenvalue weighted by Crippen LogP contribution is -2.43. The lowest BCUT2D eigenvalue weighted by molar-refractivity contribution is 0.0660. The highest BCUT2D eigenvalue weighted by molar-refractivity contribution is 5.84. The molecule has 0 radical (unpaired) electrons. The minimum Gasteiger partial charge on any atom is -0.475 e. The van der Waals surface area contributed by atoms with Crippen LogP contribution in [-0.4, -0.2) is 38.1 Å². The monoisotopic (exact) mass is 290 g/mol. The molecule has 0 saturated carbocycles. The van der Waals surface area contributed by atoms with E-state index < -0.39 is 5.97 Å². The number of aromatic nitrogens is 2. The zero-order valence-electron chi connectivity index (χ0n) is 11.2. The standard InChI is InChI=1S/C13H14N4O4/c18-12(19)10-2-1-9(21-10)7-15-13(20)17-6-5-16-4-3-14-11(16)8-17/h1-4H,5-8H2,(H,15,20)(H,18,19). The second-order valence-corrected chi connectivity index (χ2v) is 4.69. The number of nitrogens with zero attached hydrogens (tertiary/aromatic N) is 3. The number of urea groups is 1. The van der Waals surface area contributed by atoms with Crippen molar-refractivity contribution in [3.8, 4) is 0 Å². The molecule has 0 unspecified atom stereocenters. The summed E-state index contributed by atoms with van der Waals surface area (Å²) >= 11 is 0. The van der Waals surface area contributed by atoms with Crippen LogP contribution in [0.4, 0.5) is 4.79 Å². The molecule has 0 atom stereocenters. The van der Waals surface area contributed by atoms with Gasteiger partial charge in [-0.05, 0) is 12.1 Å². The quantitative estimate of drug-likeness (QED) is 0.874. The topological polar surface area (TPSA) is 101 Å². The van der Waals surface area contributed by atoms with Crippen molar-refractivity contribution in [3.05, 3.63) is 41.9 Å². The van der Waals surface area contributed by atoms with E-state index in [1.807, 2.05) is 10.8 Å². The lowest BCUT2D eigenvalue weighted by atomic mass is 10.3. The Bertz CT molecular complexity index is 675. The van der Waals surface area contributed by atoms with Crippen molar-refractivity contribution in [2.75, 3.05) is 6.54 Å². The molecule has 0 fully saturated rings. The predicted octanol–water partition coefficient (Wildman–Crippen LogP) is 0.900. The third kappa shape index (κ3) is 2.73. The normalized spacial score (nSPS) is 13.8. The number of carbonyl (C=O) groups is 2. The van der Waals surface area contributed by atoms with E-state index in [1.54, 1.807) is 11.1 Å². The molecule has 21 heavy (non-hydrogen) atoms. The van der Waals surface area contributed by atoms with Gasteiger partial charge in [0.1, 0.15) is 11.6 Å². The molecule has 0 saturated heterocycles. The number of fused-ring (bicyclic) bond motifs is 1. The van der Waals surface area contributed by atoms with Crippen LogP contribution in [0.1, 0.15) is 22.1 Å². The first-order valence-electron chi connectivity index (χ1n) is 6.48. The number of amides is 2. The zero-order valence-corrected chi connectivity index (χ0v) is 11.2. The number of imidazole rings is 1. The first kappa shape index (κ1) is 13.2. The van der Waals surface area contributed by atoms with Gasteiger partial charge in [0.25, 0.3) is 0 Å². The van der Waals surface area contributed by atoms with Crippen molar-refractivity contribution in [3.63, 3.8) is 0 Å². The Morgan fingerprint density at radius 3 is 3.00 bits per heavy atom. The molecule has 2 aromatic heterocycles. The third-order valence-electron chi connectivity index (χ3n) is 3.32. The van der Waals surface area contributed by atoms with Crippen molar-refractivity contribution in [2.45, 2.75) is 19.6 Å². The van der Waals surface area contributed by atoms with Crippen LogP contribution in [0, 0.1) is 0 Å². The summed E-state index contributed by atoms with van der Waals surface area (Å²) in [5.41, 5.74) is 0. The number of carboxylic acid groups (broad SMARTS) is 1. The molecule has 2 N–H and O–H groups in total. The first-order chi connectivity index (χ1) is 10.1. The van der Waals surface area contributed by atoms with E-state index in [4.69, 9.17) is 9.52 Å². The molecule has 1 aliphatic heterocycles. The number of aromatic carboxylic acids is 1. The van der Waals surface area contributed by atoms with Crippen molar-refractivity contribution < 1.29 is 19.1 Å². The number of hydrogen-bond donors (Lipinski definition) is 2. The molecule has 3 heterocycles. The number of hydrogen-bond acceptors (Lipinski definition) is 4. The van der Waals surface area contributed by atoms with Crippen LogP contribution in [0.2, 0.25) is 0 Å². The third-order valence-corrected chi connectivity index (χ3v) is 3.32. The minimum atomic E-state index is -1.13. The Morgan fingerprint density at radius 1 is 1.38 bits per heavy atom. The number of rotatable bonds is 3. The van der Waals surface area contributed by atoms with Crippen molar-refractivity contribution in [1.82, 2.24) is 19.8 Å². The van der Waals surface area contributed by atoms with Gasteiger partial charge < -0.3 is 24.3 Å². The fraction of sp³-hybridized carbons (Fsp3) is 0.308. The number of carbonyl (C=O) groups excluding carboxylic acids is 1. The lowest BCUT2D eigenvalue weighted by Gasteiger charge is -2.27. The van der Waals surface area contributed by atoms with Crippen molar-refractivity contribution >= 4 is 12.0 Å². The SMILES string of the molecule is O=C(O)c1ccc(CNC(=O)N2CCn3ccnc3C2)o1. The summed E-state index contributed by atoms with van der Waals surface area (Å²) in [4.78, 5) is 28.6. The first-order valence-corrected chi connectivity index (χ1v) is 6.48. The fourth-order valence-corrected chi connectivity index (χ4v) is 2.21. The molecule has 0 aliphatic carbocycles. The van der Waals surface area contributed by atoms with Crippen LogP contribution in [-0.2, 0) is 19.6 Å². The maximum Gasteiger partial charge on any atom is 0.371 e. The van der Waals surface area contributed by atoms with Crippen LogP contribution in [0.15, 0.2) is 28.9 Å². The van der Waals surface area contributed by atoms with Gasteiger partial charge in [-0.15, -0.1) is 0 Å². The maximum absolute atomic E-state index is 12.1. The summed E-state index contributed by atoms with van der Waals surface area (Å²) in [6.45, 7) is 1.93. The number of nitrogens with one attached hydrogen (secondary N) is 1. The van der Waals surface area contributed by atoms with Crippen molar-refractivity contribution in [2.24, 2.45) is 0 Å². The average molecular weight is 290 g/mol. The van der Waals surface area contributed by atoms with E-state index in [0.29, 0.717) is 25.4 Å². The molecule has 8 heteroatoms. The van der Waals surface area contributed by atoms with E-state index in [1.165, 1.54) is 12.1 Å². The van der Waals surface area contributed by atoms with E-state index in [2.05, 4.69) is 10.3 Å². The summed E-state index contributed by atoms with van der Waals surface area (Å²) in [6.07, 6.45) is 3.61. The van der Waals surface area contributed by atoms with Crippen LogP contribution >= 0.6 is 0 Å². The van der Waals surface area contributed by atoms with Gasteiger partial charge in [-0.25, -0.2) is 14.6 Å². The Hall–Kier alpha value is -2.77. The van der Waals surface area contributed by atoms with Crippen molar-refractivity contribution in [1.29, 1.82) is 0 Å². The van der Waals surface area contributed by atoms with Crippen LogP contribution in [0.25, 0.3) is 0 Å². The molecule has 2 amide bonds. The van der Waals surface area contributed by atoms with Gasteiger partial charge in [0, 0.05) is 25.5 Å². The largest absolute Gasteiger partial charge is 0.475 e. The molecule has 3 rings (SSSR count). The fourth-order valence-electron chi connectivity index (χ4n) is 2.21. The molecule has 0 spiro atoms. The van der Waals surface area contributed by atoms with Crippen LogP contribution in [0.5, 0.6) is 0 Å². The maximum atomic E-state index is 12.1. The number of furan rings is 1. The van der Waals surface area contributed by atoms with E-state index in [-0.39, 0.29) is 18.3 Å². The molecule has 0 aromatic carbocycles. The Kier molecular flexibility index (Phi) is 3.35. The zero-order chi connectivity index (χ0) is 14.8.